The predicted molar refractivity (Wildman–Crippen MR) is 106 cm³/mol. The number of amides is 1. The first-order valence-corrected chi connectivity index (χ1v) is 10.2. The number of aromatic nitrogens is 3. The Labute approximate surface area is 168 Å². The molecule has 2 N–H and O–H groups in total. The summed E-state index contributed by atoms with van der Waals surface area (Å²) in [7, 11) is 0. The van der Waals surface area contributed by atoms with Crippen molar-refractivity contribution >= 4 is 28.7 Å². The molecule has 3 aromatic rings. The second kappa shape index (κ2) is 8.73. The molecule has 0 bridgehead atoms. The molecule has 2 heterocycles. The van der Waals surface area contributed by atoms with Crippen molar-refractivity contribution in [2.75, 3.05) is 12.0 Å². The van der Waals surface area contributed by atoms with Gasteiger partial charge in [-0.3, -0.25) is 9.59 Å². The number of rotatable bonds is 7. The van der Waals surface area contributed by atoms with Crippen LogP contribution in [0.25, 0.3) is 11.0 Å². The van der Waals surface area contributed by atoms with Crippen LogP contribution in [0.3, 0.4) is 0 Å². The third-order valence-electron chi connectivity index (χ3n) is 4.32. The molecule has 0 spiro atoms. The van der Waals surface area contributed by atoms with Crippen molar-refractivity contribution in [3.63, 3.8) is 0 Å². The monoisotopic (exact) mass is 424 g/mol. The van der Waals surface area contributed by atoms with Gasteiger partial charge < -0.3 is 14.9 Å². The molecule has 1 amide bonds. The van der Waals surface area contributed by atoms with Crippen molar-refractivity contribution in [1.82, 2.24) is 19.9 Å². The topological polar surface area (TPSA) is 79.8 Å². The number of imidazole rings is 1. The van der Waals surface area contributed by atoms with E-state index in [1.54, 1.807) is 11.8 Å². The molecule has 154 valence electrons. The molecular weight excluding hydrogens is 405 g/mol. The zero-order valence-corrected chi connectivity index (χ0v) is 16.3. The van der Waals surface area contributed by atoms with Gasteiger partial charge in [0.15, 0.2) is 0 Å². The van der Waals surface area contributed by atoms with Gasteiger partial charge in [-0.15, -0.1) is 0 Å². The van der Waals surface area contributed by atoms with Gasteiger partial charge in [-0.2, -0.15) is 24.9 Å². The van der Waals surface area contributed by atoms with Crippen LogP contribution in [0.4, 0.5) is 13.2 Å². The summed E-state index contributed by atoms with van der Waals surface area (Å²) in [6.07, 6.45) is -1.11. The summed E-state index contributed by atoms with van der Waals surface area (Å²) in [4.78, 5) is 32.2. The van der Waals surface area contributed by atoms with Crippen molar-refractivity contribution in [2.24, 2.45) is 0 Å². The largest absolute Gasteiger partial charge is 0.421 e. The number of carbonyl (C=O) groups excluding carboxylic acids is 1. The van der Waals surface area contributed by atoms with Crippen molar-refractivity contribution in [3.8, 4) is 0 Å². The predicted octanol–water partition coefficient (Wildman–Crippen LogP) is 3.35. The number of halogens is 3. The summed E-state index contributed by atoms with van der Waals surface area (Å²) in [5, 5.41) is 2.78. The molecule has 0 aliphatic heterocycles. The number of aromatic amines is 1. The molecule has 6 nitrogen and oxygen atoms in total. The normalized spacial score (nSPS) is 12.8. The number of nitrogens with one attached hydrogen (secondary N) is 2. The molecular formula is C19H19F3N4O2S. The number of benzene rings is 1. The van der Waals surface area contributed by atoms with E-state index in [2.05, 4.69) is 15.3 Å². The Bertz CT molecular complexity index is 1030. The highest BCUT2D eigenvalue weighted by atomic mass is 32.2. The lowest BCUT2D eigenvalue weighted by molar-refractivity contribution is -0.139. The quantitative estimate of drug-likeness (QED) is 0.610. The lowest BCUT2D eigenvalue weighted by Crippen LogP contribution is -2.37. The molecule has 0 fully saturated rings. The van der Waals surface area contributed by atoms with Crippen molar-refractivity contribution in [1.29, 1.82) is 0 Å². The second-order valence-corrected chi connectivity index (χ2v) is 7.38. The van der Waals surface area contributed by atoms with Gasteiger partial charge >= 0.3 is 6.18 Å². The number of hydrogen-bond donors (Lipinski definition) is 2. The first-order valence-electron chi connectivity index (χ1n) is 8.79. The third-order valence-corrected chi connectivity index (χ3v) is 4.97. The number of pyridine rings is 1. The van der Waals surface area contributed by atoms with E-state index in [1.165, 1.54) is 0 Å². The molecule has 0 saturated carbocycles. The number of para-hydroxylation sites is 2. The van der Waals surface area contributed by atoms with E-state index in [-0.39, 0.29) is 0 Å². The number of carbonyl (C=O) groups is 1. The Morgan fingerprint density at radius 1 is 1.28 bits per heavy atom. The maximum Gasteiger partial charge on any atom is 0.421 e. The van der Waals surface area contributed by atoms with Gasteiger partial charge in [-0.25, -0.2) is 4.98 Å². The van der Waals surface area contributed by atoms with Gasteiger partial charge in [0.2, 0.25) is 5.91 Å². The fourth-order valence-corrected chi connectivity index (χ4v) is 3.39. The van der Waals surface area contributed by atoms with Crippen LogP contribution in [0.15, 0.2) is 47.4 Å². The molecule has 0 aliphatic rings. The van der Waals surface area contributed by atoms with E-state index in [0.717, 1.165) is 33.6 Å². The van der Waals surface area contributed by atoms with Crippen LogP contribution < -0.4 is 10.9 Å². The van der Waals surface area contributed by atoms with E-state index in [4.69, 9.17) is 0 Å². The Kier molecular flexibility index (Phi) is 6.31. The molecule has 29 heavy (non-hydrogen) atoms. The summed E-state index contributed by atoms with van der Waals surface area (Å²) in [5.41, 5.74) is -0.983. The number of fused-ring (bicyclic) bond motifs is 1. The smallest absolute Gasteiger partial charge is 0.345 e. The van der Waals surface area contributed by atoms with E-state index in [1.807, 2.05) is 30.5 Å². The van der Waals surface area contributed by atoms with E-state index in [0.29, 0.717) is 18.3 Å². The van der Waals surface area contributed by atoms with Crippen LogP contribution >= 0.6 is 11.8 Å². The molecule has 10 heteroatoms. The summed E-state index contributed by atoms with van der Waals surface area (Å²) >= 11 is 1.60. The maximum absolute atomic E-state index is 12.9. The lowest BCUT2D eigenvalue weighted by Gasteiger charge is -2.17. The average molecular weight is 424 g/mol. The van der Waals surface area contributed by atoms with Crippen molar-refractivity contribution < 1.29 is 18.0 Å². The lowest BCUT2D eigenvalue weighted by atomic mass is 10.2. The molecule has 0 aliphatic carbocycles. The fourth-order valence-electron chi connectivity index (χ4n) is 2.92. The van der Waals surface area contributed by atoms with Gasteiger partial charge in [-0.1, -0.05) is 12.1 Å². The Morgan fingerprint density at radius 3 is 2.72 bits per heavy atom. The first-order chi connectivity index (χ1) is 13.8. The van der Waals surface area contributed by atoms with Crippen LogP contribution in [-0.4, -0.2) is 32.5 Å². The van der Waals surface area contributed by atoms with E-state index >= 15 is 0 Å². The molecule has 1 atom stereocenters. The minimum absolute atomic E-state index is 0.455. The SMILES string of the molecule is CSCCC(NC(=O)Cn1cccc(C(F)(F)F)c1=O)c1nc2ccccc2[nH]1. The number of alkyl halides is 3. The van der Waals surface area contributed by atoms with Gasteiger partial charge in [0, 0.05) is 6.20 Å². The minimum atomic E-state index is -4.77. The van der Waals surface area contributed by atoms with E-state index in [9.17, 15) is 22.8 Å². The molecule has 2 aromatic heterocycles. The zero-order chi connectivity index (χ0) is 21.0. The molecule has 1 unspecified atom stereocenters. The number of nitrogens with zero attached hydrogens (tertiary/aromatic N) is 2. The number of hydrogen-bond acceptors (Lipinski definition) is 4. The second-order valence-electron chi connectivity index (χ2n) is 6.39. The van der Waals surface area contributed by atoms with E-state index < -0.39 is 35.8 Å². The van der Waals surface area contributed by atoms with Crippen LogP contribution in [0.5, 0.6) is 0 Å². The Balaban J connectivity index is 1.80. The van der Waals surface area contributed by atoms with Crippen molar-refractivity contribution in [3.05, 3.63) is 64.3 Å². The van der Waals surface area contributed by atoms with Crippen LogP contribution in [-0.2, 0) is 17.5 Å². The summed E-state index contributed by atoms with van der Waals surface area (Å²) in [5.74, 6) is 0.730. The van der Waals surface area contributed by atoms with Crippen LogP contribution in [0.2, 0.25) is 0 Å². The number of thioether (sulfide) groups is 1. The molecule has 1 aromatic carbocycles. The van der Waals surface area contributed by atoms with Gasteiger partial charge in [-0.05, 0) is 42.7 Å². The molecule has 0 saturated heterocycles. The highest BCUT2D eigenvalue weighted by molar-refractivity contribution is 7.98. The third kappa shape index (κ3) is 5.00. The number of H-pyrrole nitrogens is 1. The average Bonchev–Trinajstić information content (AvgIpc) is 3.10. The minimum Gasteiger partial charge on any atom is -0.345 e. The molecule has 0 radical (unpaired) electrons. The fraction of sp³-hybridized carbons (Fsp3) is 0.316. The summed E-state index contributed by atoms with van der Waals surface area (Å²) in [6.45, 7) is -0.515. The van der Waals surface area contributed by atoms with Gasteiger partial charge in [0.1, 0.15) is 17.9 Å². The standard InChI is InChI=1S/C19H19F3N4O2S/c1-29-10-8-15(17-24-13-6-2-3-7-14(13)25-17)23-16(27)11-26-9-4-5-12(18(26)28)19(20,21)22/h2-7,9,15H,8,10-11H2,1H3,(H,23,27)(H,24,25). The maximum atomic E-state index is 12.9. The highest BCUT2D eigenvalue weighted by Crippen LogP contribution is 2.26. The van der Waals surface area contributed by atoms with Crippen LogP contribution in [0, 0.1) is 0 Å². The summed E-state index contributed by atoms with van der Waals surface area (Å²) < 4.78 is 39.5. The summed E-state index contributed by atoms with van der Waals surface area (Å²) in [6, 6.07) is 8.76. The van der Waals surface area contributed by atoms with Gasteiger partial charge in [0.25, 0.3) is 5.56 Å². The Hall–Kier alpha value is -2.75. The zero-order valence-electron chi connectivity index (χ0n) is 15.5. The Morgan fingerprint density at radius 2 is 2.03 bits per heavy atom. The van der Waals surface area contributed by atoms with Crippen LogP contribution in [0.1, 0.15) is 23.9 Å². The van der Waals surface area contributed by atoms with Gasteiger partial charge in [0.05, 0.1) is 17.1 Å². The highest BCUT2D eigenvalue weighted by Gasteiger charge is 2.34. The molecule has 3 rings (SSSR count). The first kappa shape index (κ1) is 21.0. The van der Waals surface area contributed by atoms with Crippen molar-refractivity contribution in [2.45, 2.75) is 25.2 Å².